The molecule has 4 nitrogen and oxygen atoms in total. The molecule has 0 aliphatic carbocycles. The molecule has 0 radical (unpaired) electrons. The number of hydrogen-bond acceptors (Lipinski definition) is 4. The predicted octanol–water partition coefficient (Wildman–Crippen LogP) is 1.52. The molecule has 1 saturated heterocycles. The van der Waals surface area contributed by atoms with E-state index in [-0.39, 0.29) is 18.3 Å². The second kappa shape index (κ2) is 5.71. The molecule has 0 amide bonds. The van der Waals surface area contributed by atoms with Gasteiger partial charge in [-0.3, -0.25) is 0 Å². The van der Waals surface area contributed by atoms with Gasteiger partial charge in [-0.15, -0.1) is 0 Å². The molecule has 0 saturated carbocycles. The van der Waals surface area contributed by atoms with E-state index in [0.29, 0.717) is 13.2 Å². The molecule has 1 fully saturated rings. The van der Waals surface area contributed by atoms with Gasteiger partial charge in [0, 0.05) is 19.7 Å². The van der Waals surface area contributed by atoms with Crippen LogP contribution in [0.2, 0.25) is 0 Å². The summed E-state index contributed by atoms with van der Waals surface area (Å²) in [5, 5.41) is 0. The van der Waals surface area contributed by atoms with Gasteiger partial charge in [-0.2, -0.15) is 0 Å². The lowest BCUT2D eigenvalue weighted by Crippen LogP contribution is -2.28. The second-order valence-corrected chi connectivity index (χ2v) is 7.68. The third-order valence-electron chi connectivity index (χ3n) is 2.20. The second-order valence-electron chi connectivity index (χ2n) is 3.83. The van der Waals surface area contributed by atoms with Gasteiger partial charge in [0.1, 0.15) is 6.10 Å². The Morgan fingerprint density at radius 3 is 2.80 bits per heavy atom. The van der Waals surface area contributed by atoms with Crippen LogP contribution in [0.15, 0.2) is 0 Å². The molecule has 1 N–H and O–H groups in total. The summed E-state index contributed by atoms with van der Waals surface area (Å²) in [4.78, 5) is 9.51. The van der Waals surface area contributed by atoms with Crippen molar-refractivity contribution < 1.29 is 18.9 Å². The van der Waals surface area contributed by atoms with E-state index in [9.17, 15) is 4.89 Å². The van der Waals surface area contributed by atoms with E-state index >= 15 is 0 Å². The number of rotatable bonds is 5. The van der Waals surface area contributed by atoms with Gasteiger partial charge < -0.3 is 18.9 Å². The zero-order valence-corrected chi connectivity index (χ0v) is 11.1. The Hall–Kier alpha value is 0.490. The summed E-state index contributed by atoms with van der Waals surface area (Å²) >= 11 is 4.87. The molecule has 2 unspecified atom stereocenters. The summed E-state index contributed by atoms with van der Waals surface area (Å²) in [5.74, 6) is 0. The van der Waals surface area contributed by atoms with E-state index in [1.165, 1.54) is 0 Å². The van der Waals surface area contributed by atoms with Crippen LogP contribution in [0, 0.1) is 0 Å². The van der Waals surface area contributed by atoms with E-state index in [2.05, 4.69) is 0 Å². The van der Waals surface area contributed by atoms with Crippen LogP contribution in [-0.2, 0) is 25.8 Å². The predicted molar refractivity (Wildman–Crippen MR) is 62.7 cm³/mol. The summed E-state index contributed by atoms with van der Waals surface area (Å²) in [6.45, 7) is 4.02. The molecular weight excluding hydrogens is 235 g/mol. The number of hydrogen-bond donors (Lipinski definition) is 1. The topological polar surface area (TPSA) is 47.9 Å². The molecule has 0 aromatic heterocycles. The molecule has 1 aliphatic heterocycles. The zero-order chi connectivity index (χ0) is 11.5. The van der Waals surface area contributed by atoms with Crippen LogP contribution in [0.1, 0.15) is 20.3 Å². The van der Waals surface area contributed by atoms with Crippen molar-refractivity contribution in [3.63, 3.8) is 0 Å². The first-order chi connectivity index (χ1) is 6.92. The van der Waals surface area contributed by atoms with Gasteiger partial charge in [0.05, 0.1) is 18.8 Å². The van der Waals surface area contributed by atoms with E-state index in [1.54, 1.807) is 6.66 Å². The van der Waals surface area contributed by atoms with Crippen molar-refractivity contribution in [2.45, 2.75) is 38.6 Å². The van der Waals surface area contributed by atoms with Crippen LogP contribution < -0.4 is 0 Å². The Kier molecular flexibility index (Phi) is 5.16. The standard InChI is InChI=1S/C9H19O4PS/c1-4-11-6-9-8(5-7(2)12-9)13-14(3,10)15/h7-9H,4-6H2,1-3H3,(H,10,15)/t7-,8?,9+,14?/m0/s1. The Morgan fingerprint density at radius 2 is 2.27 bits per heavy atom. The molecule has 1 rings (SSSR count). The SMILES string of the molecule is CCOC[C@H]1O[C@@H](C)CC1OP(C)(O)=S. The maximum absolute atomic E-state index is 9.51. The Morgan fingerprint density at radius 1 is 1.60 bits per heavy atom. The van der Waals surface area contributed by atoms with Crippen molar-refractivity contribution in [2.75, 3.05) is 19.9 Å². The van der Waals surface area contributed by atoms with Crippen molar-refractivity contribution in [3.05, 3.63) is 0 Å². The fraction of sp³-hybridized carbons (Fsp3) is 1.00. The third-order valence-corrected chi connectivity index (χ3v) is 3.12. The molecular formula is C9H19O4PS. The monoisotopic (exact) mass is 254 g/mol. The minimum Gasteiger partial charge on any atom is -0.379 e. The molecule has 15 heavy (non-hydrogen) atoms. The van der Waals surface area contributed by atoms with Gasteiger partial charge in [0.2, 0.25) is 0 Å². The van der Waals surface area contributed by atoms with E-state index < -0.39 is 6.49 Å². The van der Waals surface area contributed by atoms with Gasteiger partial charge in [-0.05, 0) is 25.7 Å². The minimum atomic E-state index is -2.61. The smallest absolute Gasteiger partial charge is 0.183 e. The average Bonchev–Trinajstić information content (AvgIpc) is 2.39. The molecule has 0 bridgehead atoms. The van der Waals surface area contributed by atoms with Crippen molar-refractivity contribution in [2.24, 2.45) is 0 Å². The fourth-order valence-electron chi connectivity index (χ4n) is 1.66. The van der Waals surface area contributed by atoms with Crippen LogP contribution in [0.5, 0.6) is 0 Å². The first kappa shape index (κ1) is 13.6. The molecule has 1 aliphatic rings. The molecule has 4 atom stereocenters. The normalized spacial score (nSPS) is 35.3. The maximum Gasteiger partial charge on any atom is 0.183 e. The summed E-state index contributed by atoms with van der Waals surface area (Å²) in [7, 11) is 0. The van der Waals surface area contributed by atoms with Crippen molar-refractivity contribution in [1.82, 2.24) is 0 Å². The zero-order valence-electron chi connectivity index (χ0n) is 9.38. The Bertz CT molecular complexity index is 242. The summed E-state index contributed by atoms with van der Waals surface area (Å²) in [5.41, 5.74) is 0. The van der Waals surface area contributed by atoms with E-state index in [4.69, 9.17) is 25.8 Å². The summed E-state index contributed by atoms with van der Waals surface area (Å²) in [6.07, 6.45) is 0.675. The highest BCUT2D eigenvalue weighted by atomic mass is 32.5. The largest absolute Gasteiger partial charge is 0.379 e. The highest BCUT2D eigenvalue weighted by Crippen LogP contribution is 2.42. The highest BCUT2D eigenvalue weighted by molar-refractivity contribution is 8.09. The summed E-state index contributed by atoms with van der Waals surface area (Å²) in [6, 6.07) is 0. The van der Waals surface area contributed by atoms with Crippen LogP contribution in [-0.4, -0.2) is 43.1 Å². The van der Waals surface area contributed by atoms with Gasteiger partial charge in [-0.25, -0.2) is 0 Å². The third kappa shape index (κ3) is 4.89. The average molecular weight is 254 g/mol. The van der Waals surface area contributed by atoms with Gasteiger partial charge in [0.25, 0.3) is 0 Å². The molecule has 0 spiro atoms. The lowest BCUT2D eigenvalue weighted by atomic mass is 10.1. The number of ether oxygens (including phenoxy) is 2. The van der Waals surface area contributed by atoms with E-state index in [1.807, 2.05) is 13.8 Å². The molecule has 0 aromatic rings. The molecule has 90 valence electrons. The lowest BCUT2D eigenvalue weighted by Gasteiger charge is -2.21. The molecule has 0 aromatic carbocycles. The van der Waals surface area contributed by atoms with E-state index in [0.717, 1.165) is 6.42 Å². The molecule has 6 heteroatoms. The first-order valence-corrected chi connectivity index (χ1v) is 8.26. The van der Waals surface area contributed by atoms with Crippen molar-refractivity contribution in [3.8, 4) is 0 Å². The minimum absolute atomic E-state index is 0.102. The lowest BCUT2D eigenvalue weighted by molar-refractivity contribution is -0.0324. The maximum atomic E-state index is 9.51. The molecule has 1 heterocycles. The van der Waals surface area contributed by atoms with Gasteiger partial charge in [0.15, 0.2) is 6.49 Å². The Balaban J connectivity index is 2.49. The van der Waals surface area contributed by atoms with Crippen molar-refractivity contribution >= 4 is 18.3 Å². The highest BCUT2D eigenvalue weighted by Gasteiger charge is 2.35. The van der Waals surface area contributed by atoms with Crippen LogP contribution in [0.25, 0.3) is 0 Å². The summed E-state index contributed by atoms with van der Waals surface area (Å²) < 4.78 is 16.4. The van der Waals surface area contributed by atoms with Crippen LogP contribution in [0.4, 0.5) is 0 Å². The Labute approximate surface area is 96.1 Å². The van der Waals surface area contributed by atoms with Gasteiger partial charge >= 0.3 is 0 Å². The first-order valence-electron chi connectivity index (χ1n) is 5.14. The van der Waals surface area contributed by atoms with Crippen LogP contribution in [0.3, 0.4) is 0 Å². The van der Waals surface area contributed by atoms with Crippen molar-refractivity contribution in [1.29, 1.82) is 0 Å². The van der Waals surface area contributed by atoms with Crippen LogP contribution >= 0.6 is 6.49 Å². The quantitative estimate of drug-likeness (QED) is 0.754. The van der Waals surface area contributed by atoms with Gasteiger partial charge in [-0.1, -0.05) is 0 Å². The fourth-order valence-corrected chi connectivity index (χ4v) is 2.72.